The van der Waals surface area contributed by atoms with E-state index in [9.17, 15) is 0 Å². The predicted molar refractivity (Wildman–Crippen MR) is 190 cm³/mol. The van der Waals surface area contributed by atoms with Crippen LogP contribution in [0, 0.1) is 0 Å². The summed E-state index contributed by atoms with van der Waals surface area (Å²) >= 11 is 0. The molecule has 0 aliphatic rings. The molecule has 2 atom stereocenters. The van der Waals surface area contributed by atoms with Gasteiger partial charge < -0.3 is 4.57 Å². The maximum absolute atomic E-state index is 4.81. The van der Waals surface area contributed by atoms with E-state index in [0.29, 0.717) is 12.0 Å². The minimum atomic E-state index is 0.584. The lowest BCUT2D eigenvalue weighted by Gasteiger charge is -2.20. The molecule has 0 amide bonds. The van der Waals surface area contributed by atoms with Gasteiger partial charge in [-0.3, -0.25) is 0 Å². The molecule has 0 bridgehead atoms. The summed E-state index contributed by atoms with van der Waals surface area (Å²) in [6.07, 6.45) is 48.6. The van der Waals surface area contributed by atoms with Gasteiger partial charge in [0.2, 0.25) is 0 Å². The smallest absolute Gasteiger partial charge is 0.111 e. The summed E-state index contributed by atoms with van der Waals surface area (Å²) in [6, 6.07) is 0.586. The SMILES string of the molecule is CCCCCCCCCCCCCCCCCC(C)n1ccnc1C(C)CCCCCCCCCCCCCCCC. The van der Waals surface area contributed by atoms with Crippen LogP contribution in [0.4, 0.5) is 0 Å². The first kappa shape index (κ1) is 39.2. The van der Waals surface area contributed by atoms with E-state index in [2.05, 4.69) is 38.5 Å². The topological polar surface area (TPSA) is 17.8 Å². The van der Waals surface area contributed by atoms with Gasteiger partial charge in [-0.25, -0.2) is 4.98 Å². The molecule has 1 aromatic heterocycles. The van der Waals surface area contributed by atoms with E-state index in [-0.39, 0.29) is 0 Å². The lowest BCUT2D eigenvalue weighted by atomic mass is 9.99. The Balaban J connectivity index is 1.97. The zero-order valence-corrected chi connectivity index (χ0v) is 29.6. The van der Waals surface area contributed by atoms with Gasteiger partial charge in [0, 0.05) is 24.4 Å². The van der Waals surface area contributed by atoms with E-state index in [1.54, 1.807) is 0 Å². The van der Waals surface area contributed by atoms with E-state index in [4.69, 9.17) is 4.98 Å². The van der Waals surface area contributed by atoms with E-state index < -0.39 is 0 Å². The average Bonchev–Trinajstić information content (AvgIpc) is 3.49. The zero-order chi connectivity index (χ0) is 30.4. The third-order valence-corrected chi connectivity index (χ3v) is 9.83. The van der Waals surface area contributed by atoms with Gasteiger partial charge in [-0.05, 0) is 19.8 Å². The summed E-state index contributed by atoms with van der Waals surface area (Å²) in [5, 5.41) is 0. The Labute approximate surface area is 266 Å². The molecule has 0 N–H and O–H groups in total. The van der Waals surface area contributed by atoms with Crippen LogP contribution >= 0.6 is 0 Å². The van der Waals surface area contributed by atoms with Crippen LogP contribution in [-0.4, -0.2) is 9.55 Å². The fourth-order valence-electron chi connectivity index (χ4n) is 6.80. The van der Waals surface area contributed by atoms with Gasteiger partial charge in [-0.15, -0.1) is 0 Å². The quantitative estimate of drug-likeness (QED) is 0.0749. The minimum Gasteiger partial charge on any atom is -0.332 e. The highest BCUT2D eigenvalue weighted by Gasteiger charge is 2.15. The van der Waals surface area contributed by atoms with Crippen molar-refractivity contribution >= 4 is 0 Å². The number of hydrogen-bond acceptors (Lipinski definition) is 1. The largest absolute Gasteiger partial charge is 0.332 e. The molecule has 1 heterocycles. The molecule has 0 radical (unpaired) electrons. The zero-order valence-electron chi connectivity index (χ0n) is 29.6. The summed E-state index contributed by atoms with van der Waals surface area (Å²) in [4.78, 5) is 4.81. The molecule has 2 heteroatoms. The summed E-state index contributed by atoms with van der Waals surface area (Å²) in [5.74, 6) is 1.92. The summed E-state index contributed by atoms with van der Waals surface area (Å²) in [5.41, 5.74) is 0. The van der Waals surface area contributed by atoms with Crippen molar-refractivity contribution in [1.29, 1.82) is 0 Å². The fourth-order valence-corrected chi connectivity index (χ4v) is 6.80. The number of hydrogen-bond donors (Lipinski definition) is 0. The Morgan fingerprint density at radius 3 is 1.12 bits per heavy atom. The molecule has 1 rings (SSSR count). The second-order valence-corrected chi connectivity index (χ2v) is 14.1. The van der Waals surface area contributed by atoms with E-state index in [1.165, 1.54) is 205 Å². The van der Waals surface area contributed by atoms with Crippen LogP contribution in [0.15, 0.2) is 12.4 Å². The molecule has 42 heavy (non-hydrogen) atoms. The molecule has 0 saturated heterocycles. The molecular formula is C40H78N2. The highest BCUT2D eigenvalue weighted by Crippen LogP contribution is 2.26. The first-order valence-electron chi connectivity index (χ1n) is 19.7. The Morgan fingerprint density at radius 1 is 0.452 bits per heavy atom. The average molecular weight is 587 g/mol. The van der Waals surface area contributed by atoms with Crippen molar-refractivity contribution in [1.82, 2.24) is 9.55 Å². The van der Waals surface area contributed by atoms with Crippen LogP contribution in [-0.2, 0) is 0 Å². The highest BCUT2D eigenvalue weighted by atomic mass is 15.1. The van der Waals surface area contributed by atoms with Crippen LogP contribution in [0.2, 0.25) is 0 Å². The molecule has 0 aromatic carbocycles. The minimum absolute atomic E-state index is 0.584. The lowest BCUT2D eigenvalue weighted by molar-refractivity contribution is 0.435. The number of nitrogens with zero attached hydrogens (tertiary/aromatic N) is 2. The van der Waals surface area contributed by atoms with Gasteiger partial charge in [0.15, 0.2) is 0 Å². The first-order chi connectivity index (χ1) is 20.7. The molecule has 248 valence electrons. The lowest BCUT2D eigenvalue weighted by Crippen LogP contribution is -2.11. The fraction of sp³-hybridized carbons (Fsp3) is 0.925. The molecule has 0 aliphatic heterocycles. The number of unbranched alkanes of at least 4 members (excludes halogenated alkanes) is 27. The standard InChI is InChI=1S/C40H78N2/c1-5-7-9-11-13-15-17-19-21-23-25-27-29-31-33-35-39(4)42-37-36-41-40(42)38(3)34-32-30-28-26-24-22-20-18-16-14-12-10-8-6-2/h36-39H,5-35H2,1-4H3. The van der Waals surface area contributed by atoms with Gasteiger partial charge in [0.05, 0.1) is 0 Å². The van der Waals surface area contributed by atoms with E-state index >= 15 is 0 Å². The van der Waals surface area contributed by atoms with Crippen LogP contribution < -0.4 is 0 Å². The van der Waals surface area contributed by atoms with Crippen molar-refractivity contribution in [2.75, 3.05) is 0 Å². The summed E-state index contributed by atoms with van der Waals surface area (Å²) in [6.45, 7) is 9.43. The molecular weight excluding hydrogens is 508 g/mol. The number of imidazole rings is 1. The normalized spacial score (nSPS) is 13.1. The maximum atomic E-state index is 4.81. The van der Waals surface area contributed by atoms with Crippen LogP contribution in [0.1, 0.15) is 245 Å². The van der Waals surface area contributed by atoms with Crippen LogP contribution in [0.25, 0.3) is 0 Å². The van der Waals surface area contributed by atoms with E-state index in [0.717, 1.165) is 0 Å². The second-order valence-electron chi connectivity index (χ2n) is 14.1. The number of aromatic nitrogens is 2. The molecule has 0 fully saturated rings. The van der Waals surface area contributed by atoms with E-state index in [1.807, 2.05) is 6.20 Å². The highest BCUT2D eigenvalue weighted by molar-refractivity contribution is 5.01. The third-order valence-electron chi connectivity index (χ3n) is 9.83. The van der Waals surface area contributed by atoms with Crippen molar-refractivity contribution in [2.45, 2.75) is 239 Å². The monoisotopic (exact) mass is 587 g/mol. The molecule has 2 unspecified atom stereocenters. The summed E-state index contributed by atoms with van der Waals surface area (Å²) < 4.78 is 2.50. The molecule has 0 spiro atoms. The van der Waals surface area contributed by atoms with Crippen LogP contribution in [0.5, 0.6) is 0 Å². The maximum Gasteiger partial charge on any atom is 0.111 e. The number of rotatable bonds is 33. The Hall–Kier alpha value is -0.790. The molecule has 1 aromatic rings. The molecule has 2 nitrogen and oxygen atoms in total. The first-order valence-corrected chi connectivity index (χ1v) is 19.7. The summed E-state index contributed by atoms with van der Waals surface area (Å²) in [7, 11) is 0. The molecule has 0 aliphatic carbocycles. The second kappa shape index (κ2) is 30.2. The van der Waals surface area contributed by atoms with Gasteiger partial charge in [-0.2, -0.15) is 0 Å². The van der Waals surface area contributed by atoms with Gasteiger partial charge in [0.1, 0.15) is 5.82 Å². The Kier molecular flexibility index (Phi) is 28.3. The van der Waals surface area contributed by atoms with Gasteiger partial charge in [0.25, 0.3) is 0 Å². The van der Waals surface area contributed by atoms with Crippen molar-refractivity contribution in [3.63, 3.8) is 0 Å². The molecule has 0 saturated carbocycles. The third kappa shape index (κ3) is 22.7. The Morgan fingerprint density at radius 2 is 0.762 bits per heavy atom. The van der Waals surface area contributed by atoms with Gasteiger partial charge >= 0.3 is 0 Å². The van der Waals surface area contributed by atoms with Gasteiger partial charge in [-0.1, -0.05) is 207 Å². The van der Waals surface area contributed by atoms with Crippen molar-refractivity contribution in [2.24, 2.45) is 0 Å². The Bertz CT molecular complexity index is 650. The van der Waals surface area contributed by atoms with Crippen molar-refractivity contribution in [3.8, 4) is 0 Å². The van der Waals surface area contributed by atoms with Crippen molar-refractivity contribution in [3.05, 3.63) is 18.2 Å². The van der Waals surface area contributed by atoms with Crippen LogP contribution in [0.3, 0.4) is 0 Å². The predicted octanol–water partition coefficient (Wildman–Crippen LogP) is 14.7. The van der Waals surface area contributed by atoms with Crippen molar-refractivity contribution < 1.29 is 0 Å².